The Hall–Kier alpha value is -3.11. The maximum absolute atomic E-state index is 12.9. The number of aromatic amines is 1. The van der Waals surface area contributed by atoms with Crippen molar-refractivity contribution < 1.29 is 19.5 Å². The van der Waals surface area contributed by atoms with E-state index in [-0.39, 0.29) is 34.5 Å². The normalized spacial score (nSPS) is 19.6. The van der Waals surface area contributed by atoms with Crippen molar-refractivity contribution >= 4 is 22.5 Å². The number of nitrogens with one attached hydrogen (secondary N) is 1. The van der Waals surface area contributed by atoms with E-state index in [0.717, 1.165) is 49.2 Å². The molecule has 3 N–H and O–H groups in total. The van der Waals surface area contributed by atoms with E-state index < -0.39 is 0 Å². The Labute approximate surface area is 234 Å². The number of imidazole rings is 1. The molecule has 0 bridgehead atoms. The summed E-state index contributed by atoms with van der Waals surface area (Å²) in [6, 6.07) is 13.4. The highest BCUT2D eigenvalue weighted by Gasteiger charge is 2.44. The Balaban J connectivity index is 0.000000259. The average Bonchev–Trinajstić information content (AvgIpc) is 3.23. The third-order valence-electron chi connectivity index (χ3n) is 7.81. The Bertz CT molecular complexity index is 1390. The number of aliphatic hydroxyl groups is 1. The second-order valence-electron chi connectivity index (χ2n) is 12.1. The lowest BCUT2D eigenvalue weighted by Gasteiger charge is -2.50. The van der Waals surface area contributed by atoms with Crippen LogP contribution < -0.4 is 5.69 Å². The highest BCUT2D eigenvalue weighted by atomic mass is 19.1. The van der Waals surface area contributed by atoms with Crippen LogP contribution in [0.15, 0.2) is 59.4 Å². The molecule has 1 saturated heterocycles. The fraction of sp³-hybridized carbons (Fsp3) is 0.484. The molecule has 8 nitrogen and oxygen atoms in total. The molecule has 5 rings (SSSR count). The van der Waals surface area contributed by atoms with Gasteiger partial charge >= 0.3 is 5.69 Å². The first-order chi connectivity index (χ1) is 18.9. The van der Waals surface area contributed by atoms with Crippen molar-refractivity contribution in [3.63, 3.8) is 0 Å². The highest BCUT2D eigenvalue weighted by Crippen LogP contribution is 2.36. The number of rotatable bonds is 6. The summed E-state index contributed by atoms with van der Waals surface area (Å²) in [5, 5.41) is 20.7. The van der Waals surface area contributed by atoms with Crippen LogP contribution in [0, 0.1) is 5.82 Å². The van der Waals surface area contributed by atoms with Crippen LogP contribution in [0.3, 0.4) is 0 Å². The molecule has 0 aliphatic carbocycles. The summed E-state index contributed by atoms with van der Waals surface area (Å²) in [7, 11) is 0. The van der Waals surface area contributed by atoms with Crippen LogP contribution in [0.5, 0.6) is 0 Å². The number of aliphatic hydroxyl groups excluding tert-OH is 1. The third kappa shape index (κ3) is 6.96. The Morgan fingerprint density at radius 2 is 1.70 bits per heavy atom. The maximum Gasteiger partial charge on any atom is 0.330 e. The molecule has 3 aromatic rings. The lowest BCUT2D eigenvalue weighted by atomic mass is 9.80. The van der Waals surface area contributed by atoms with Crippen molar-refractivity contribution in [2.45, 2.75) is 77.0 Å². The summed E-state index contributed by atoms with van der Waals surface area (Å²) >= 11 is 0. The molecular formula is C31H41FN4O4. The van der Waals surface area contributed by atoms with Gasteiger partial charge in [0.15, 0.2) is 5.78 Å². The number of piperidine rings is 1. The molecule has 0 radical (unpaired) electrons. The van der Waals surface area contributed by atoms with E-state index >= 15 is 0 Å². The van der Waals surface area contributed by atoms with Gasteiger partial charge in [-0.05, 0) is 89.9 Å². The first kappa shape index (κ1) is 29.9. The molecule has 40 heavy (non-hydrogen) atoms. The molecule has 2 aliphatic heterocycles. The number of fused-ring (bicyclic) bond motifs is 1. The molecule has 2 aromatic carbocycles. The Kier molecular flexibility index (Phi) is 9.09. The van der Waals surface area contributed by atoms with Gasteiger partial charge in [-0.25, -0.2) is 9.18 Å². The number of aromatic nitrogens is 2. The molecule has 1 aromatic heterocycles. The van der Waals surface area contributed by atoms with E-state index in [9.17, 15) is 24.3 Å². The number of benzene rings is 2. The molecule has 1 fully saturated rings. The van der Waals surface area contributed by atoms with E-state index in [1.165, 1.54) is 29.3 Å². The molecule has 0 spiro atoms. The summed E-state index contributed by atoms with van der Waals surface area (Å²) in [5.74, 6) is -0.291. The monoisotopic (exact) mass is 552 g/mol. The number of hydroxylamine groups is 2. The SMILES string of the molecule is CC1(C)CC(O)CC(C)(C)N1O.O=C(CCCN1CC=C(n2c(=O)[nH]c3ccccc32)CC1)c1ccc(F)cc1. The number of hydrogen-bond donors (Lipinski definition) is 3. The van der Waals surface area contributed by atoms with E-state index in [0.29, 0.717) is 24.8 Å². The van der Waals surface area contributed by atoms with Gasteiger partial charge in [0.05, 0.1) is 17.1 Å². The summed E-state index contributed by atoms with van der Waals surface area (Å²) < 4.78 is 14.7. The number of hydrogen-bond acceptors (Lipinski definition) is 6. The number of Topliss-reactive ketones (excluding diaryl/α,β-unsaturated/α-hetero) is 1. The lowest BCUT2D eigenvalue weighted by Crippen LogP contribution is -2.60. The fourth-order valence-corrected chi connectivity index (χ4v) is 5.91. The largest absolute Gasteiger partial charge is 0.393 e. The minimum atomic E-state index is -0.332. The van der Waals surface area contributed by atoms with Gasteiger partial charge in [0.1, 0.15) is 5.82 Å². The first-order valence-electron chi connectivity index (χ1n) is 13.9. The average molecular weight is 553 g/mol. The van der Waals surface area contributed by atoms with Crippen LogP contribution in [-0.4, -0.2) is 72.4 Å². The molecule has 9 heteroatoms. The van der Waals surface area contributed by atoms with Gasteiger partial charge in [-0.15, -0.1) is 0 Å². The summed E-state index contributed by atoms with van der Waals surface area (Å²) in [6.07, 6.45) is 5.05. The van der Waals surface area contributed by atoms with E-state index in [4.69, 9.17) is 0 Å². The fourth-order valence-electron chi connectivity index (χ4n) is 5.91. The molecule has 216 valence electrons. The predicted octanol–water partition coefficient (Wildman–Crippen LogP) is 5.07. The summed E-state index contributed by atoms with van der Waals surface area (Å²) in [5.41, 5.74) is 2.57. The standard InChI is InChI=1S/C22H22FN3O2.C9H19NO2/c23-17-9-7-16(8-10-17)21(27)6-3-13-25-14-11-18(12-15-25)26-20-5-2-1-4-19(20)24-22(26)28;1-8(2)5-7(11)6-9(3,4)10(8)12/h1-2,4-5,7-11H,3,6,12-15H2,(H,24,28);7,11-12H,5-6H2,1-4H3. The van der Waals surface area contributed by atoms with Gasteiger partial charge < -0.3 is 15.3 Å². The van der Waals surface area contributed by atoms with Crippen LogP contribution in [0.2, 0.25) is 0 Å². The molecule has 0 atom stereocenters. The van der Waals surface area contributed by atoms with Crippen molar-refractivity contribution in [1.82, 2.24) is 19.5 Å². The van der Waals surface area contributed by atoms with Gasteiger partial charge in [-0.1, -0.05) is 18.2 Å². The molecule has 3 heterocycles. The number of carbonyl (C=O) groups is 1. The zero-order valence-electron chi connectivity index (χ0n) is 23.9. The topological polar surface area (TPSA) is 102 Å². The van der Waals surface area contributed by atoms with Gasteiger partial charge in [-0.2, -0.15) is 5.06 Å². The zero-order chi connectivity index (χ0) is 29.1. The van der Waals surface area contributed by atoms with E-state index in [1.807, 2.05) is 52.0 Å². The number of para-hydroxylation sites is 2. The summed E-state index contributed by atoms with van der Waals surface area (Å²) in [4.78, 5) is 29.7. The number of ketones is 1. The smallest absolute Gasteiger partial charge is 0.330 e. The van der Waals surface area contributed by atoms with Crippen molar-refractivity contribution in [1.29, 1.82) is 0 Å². The number of nitrogens with zero attached hydrogens (tertiary/aromatic N) is 3. The lowest BCUT2D eigenvalue weighted by molar-refractivity contribution is -0.257. The second-order valence-corrected chi connectivity index (χ2v) is 12.1. The van der Waals surface area contributed by atoms with E-state index in [1.54, 1.807) is 4.57 Å². The quantitative estimate of drug-likeness (QED) is 0.369. The van der Waals surface area contributed by atoms with Crippen LogP contribution >= 0.6 is 0 Å². The number of H-pyrrole nitrogens is 1. The van der Waals surface area contributed by atoms with Gasteiger partial charge in [0, 0.05) is 48.3 Å². The number of halogens is 1. The summed E-state index contributed by atoms with van der Waals surface area (Å²) in [6.45, 7) is 10.2. The number of carbonyl (C=O) groups excluding carboxylic acids is 1. The minimum absolute atomic E-state index is 0.0404. The van der Waals surface area contributed by atoms with Crippen LogP contribution in [-0.2, 0) is 0 Å². The van der Waals surface area contributed by atoms with E-state index in [2.05, 4.69) is 16.0 Å². The first-order valence-corrected chi connectivity index (χ1v) is 13.9. The van der Waals surface area contributed by atoms with Crippen molar-refractivity contribution in [2.75, 3.05) is 19.6 Å². The molecule has 2 aliphatic rings. The maximum atomic E-state index is 12.9. The van der Waals surface area contributed by atoms with Crippen LogP contribution in [0.4, 0.5) is 4.39 Å². The second kappa shape index (κ2) is 12.2. The van der Waals surface area contributed by atoms with Crippen LogP contribution in [0.25, 0.3) is 16.7 Å². The highest BCUT2D eigenvalue weighted by molar-refractivity contribution is 5.95. The van der Waals surface area contributed by atoms with Gasteiger partial charge in [-0.3, -0.25) is 14.3 Å². The van der Waals surface area contributed by atoms with Crippen LogP contribution in [0.1, 0.15) is 70.2 Å². The molecule has 0 saturated carbocycles. The Morgan fingerprint density at radius 3 is 2.33 bits per heavy atom. The minimum Gasteiger partial charge on any atom is -0.393 e. The van der Waals surface area contributed by atoms with Crippen molar-refractivity contribution in [2.24, 2.45) is 0 Å². The van der Waals surface area contributed by atoms with Gasteiger partial charge in [0.2, 0.25) is 0 Å². The van der Waals surface area contributed by atoms with Crippen molar-refractivity contribution in [3.8, 4) is 0 Å². The van der Waals surface area contributed by atoms with Gasteiger partial charge in [0.25, 0.3) is 0 Å². The third-order valence-corrected chi connectivity index (χ3v) is 7.81. The zero-order valence-corrected chi connectivity index (χ0v) is 23.9. The molecule has 0 amide bonds. The molecule has 0 unspecified atom stereocenters. The Morgan fingerprint density at radius 1 is 1.05 bits per heavy atom. The predicted molar refractivity (Wildman–Crippen MR) is 155 cm³/mol. The molecular weight excluding hydrogens is 511 g/mol. The van der Waals surface area contributed by atoms with Crippen molar-refractivity contribution in [3.05, 3.63) is 76.5 Å².